The van der Waals surface area contributed by atoms with E-state index in [1.807, 2.05) is 31.2 Å². The molecule has 8 nitrogen and oxygen atoms in total. The molecule has 2 aromatic rings. The zero-order chi connectivity index (χ0) is 28.4. The molecule has 1 aromatic heterocycles. The molecule has 10 heteroatoms. The summed E-state index contributed by atoms with van der Waals surface area (Å²) in [5.41, 5.74) is 3.13. The monoisotopic (exact) mass is 547 g/mol. The number of carbonyl (C=O) groups is 3. The number of rotatable bonds is 7. The molecule has 0 radical (unpaired) electrons. The lowest BCUT2D eigenvalue weighted by atomic mass is 9.85. The lowest BCUT2D eigenvalue weighted by molar-refractivity contribution is -0.142. The molecule has 208 valence electrons. The number of thiazole rings is 1. The molecule has 0 spiro atoms. The van der Waals surface area contributed by atoms with E-state index in [0.717, 1.165) is 26.6 Å². The number of nitrogens with zero attached hydrogens (tertiary/aromatic N) is 2. The summed E-state index contributed by atoms with van der Waals surface area (Å²) >= 11 is 1.55. The quantitative estimate of drug-likeness (QED) is 0.530. The summed E-state index contributed by atoms with van der Waals surface area (Å²) in [7, 11) is 0. The third-order valence-corrected chi connectivity index (χ3v) is 7.38. The van der Waals surface area contributed by atoms with Crippen molar-refractivity contribution in [3.05, 3.63) is 41.0 Å². The fourth-order valence-corrected chi connectivity index (χ4v) is 5.25. The highest BCUT2D eigenvalue weighted by Gasteiger charge is 2.50. The number of aryl methyl sites for hydroxylation is 2. The Balaban J connectivity index is 1.72. The Morgan fingerprint density at radius 1 is 1.18 bits per heavy atom. The molecule has 0 unspecified atom stereocenters. The molecule has 2 heterocycles. The van der Waals surface area contributed by atoms with E-state index in [-0.39, 0.29) is 13.0 Å². The van der Waals surface area contributed by atoms with Crippen LogP contribution in [0.2, 0.25) is 0 Å². The van der Waals surface area contributed by atoms with Gasteiger partial charge < -0.3 is 20.1 Å². The standard InChI is InChI=1S/C28H38FN3O5S/c1-16-23(38-15-30-16)18-11-8-17(9-12-18)10-13-19(33)22-21(29)20(34)14-32(22)25(35)24(27(2,3)4)31-26(36)37-28(5,6)7/h8-9,11-12,15,20-22,24,34H,10,13-14H2,1-7H3,(H,31,36)/t20-,21+,22+,24+/m0/s1. The van der Waals surface area contributed by atoms with Crippen LogP contribution in [0.5, 0.6) is 0 Å². The smallest absolute Gasteiger partial charge is 0.408 e. The highest BCUT2D eigenvalue weighted by atomic mass is 32.1. The van der Waals surface area contributed by atoms with Crippen molar-refractivity contribution >= 4 is 29.1 Å². The first-order chi connectivity index (χ1) is 17.6. The van der Waals surface area contributed by atoms with Gasteiger partial charge in [-0.3, -0.25) is 9.59 Å². The van der Waals surface area contributed by atoms with Gasteiger partial charge in [-0.1, -0.05) is 45.0 Å². The van der Waals surface area contributed by atoms with Gasteiger partial charge in [-0.05, 0) is 50.7 Å². The van der Waals surface area contributed by atoms with Gasteiger partial charge in [-0.2, -0.15) is 0 Å². The van der Waals surface area contributed by atoms with Gasteiger partial charge in [0.25, 0.3) is 0 Å². The number of aliphatic hydroxyl groups is 1. The maximum Gasteiger partial charge on any atom is 0.408 e. The molecule has 3 rings (SSSR count). The minimum absolute atomic E-state index is 0.000196. The second kappa shape index (κ2) is 11.5. The third-order valence-electron chi connectivity index (χ3n) is 6.40. The molecule has 0 bridgehead atoms. The number of aliphatic hydroxyl groups excluding tert-OH is 1. The molecule has 2 N–H and O–H groups in total. The van der Waals surface area contributed by atoms with Crippen molar-refractivity contribution in [2.24, 2.45) is 5.41 Å². The molecule has 1 fully saturated rings. The van der Waals surface area contributed by atoms with Crippen LogP contribution in [-0.4, -0.2) is 69.3 Å². The van der Waals surface area contributed by atoms with Crippen LogP contribution in [0.4, 0.5) is 9.18 Å². The molecular formula is C28H38FN3O5S. The van der Waals surface area contributed by atoms with E-state index in [1.165, 1.54) is 0 Å². The summed E-state index contributed by atoms with van der Waals surface area (Å²) in [6.45, 7) is 12.0. The highest BCUT2D eigenvalue weighted by Crippen LogP contribution is 2.30. The number of Topliss-reactive ketones (excluding diaryl/α,β-unsaturated/α-hetero) is 1. The molecule has 0 aliphatic carbocycles. The maximum atomic E-state index is 15.1. The molecule has 4 atom stereocenters. The molecule has 1 aliphatic heterocycles. The predicted octanol–water partition coefficient (Wildman–Crippen LogP) is 4.47. The Hall–Kier alpha value is -2.85. The van der Waals surface area contributed by atoms with Crippen LogP contribution in [0, 0.1) is 12.3 Å². The van der Waals surface area contributed by atoms with Crippen molar-refractivity contribution in [1.82, 2.24) is 15.2 Å². The maximum absolute atomic E-state index is 15.1. The van der Waals surface area contributed by atoms with Crippen LogP contribution in [0.15, 0.2) is 29.8 Å². The first-order valence-electron chi connectivity index (χ1n) is 12.7. The minimum Gasteiger partial charge on any atom is -0.444 e. The number of ketones is 1. The first-order valence-corrected chi connectivity index (χ1v) is 13.6. The van der Waals surface area contributed by atoms with E-state index in [1.54, 1.807) is 58.4 Å². The van der Waals surface area contributed by atoms with Crippen LogP contribution >= 0.6 is 11.3 Å². The van der Waals surface area contributed by atoms with Crippen molar-refractivity contribution < 1.29 is 28.6 Å². The number of alkyl carbamates (subject to hydrolysis) is 1. The van der Waals surface area contributed by atoms with Crippen LogP contribution < -0.4 is 5.32 Å². The largest absolute Gasteiger partial charge is 0.444 e. The van der Waals surface area contributed by atoms with E-state index >= 15 is 4.39 Å². The van der Waals surface area contributed by atoms with E-state index in [4.69, 9.17) is 4.74 Å². The number of nitrogens with one attached hydrogen (secondary N) is 1. The summed E-state index contributed by atoms with van der Waals surface area (Å²) in [6, 6.07) is 5.24. The van der Waals surface area contributed by atoms with Gasteiger partial charge in [0.2, 0.25) is 5.91 Å². The number of benzene rings is 1. The average Bonchev–Trinajstić information content (AvgIpc) is 3.36. The molecule has 1 aromatic carbocycles. The molecule has 2 amide bonds. The lowest BCUT2D eigenvalue weighted by Crippen LogP contribution is -2.58. The van der Waals surface area contributed by atoms with Gasteiger partial charge in [0.1, 0.15) is 23.8 Å². The SMILES string of the molecule is Cc1ncsc1-c1ccc(CCC(=O)[C@@H]2[C@H](F)[C@@H](O)CN2C(=O)[C@@H](NC(=O)OC(C)(C)C)C(C)(C)C)cc1. The molecular weight excluding hydrogens is 509 g/mol. The number of alkyl halides is 1. The van der Waals surface area contributed by atoms with Crippen molar-refractivity contribution in [1.29, 1.82) is 0 Å². The summed E-state index contributed by atoms with van der Waals surface area (Å²) in [4.78, 5) is 45.7. The molecule has 0 saturated carbocycles. The minimum atomic E-state index is -1.91. The third kappa shape index (κ3) is 7.17. The summed E-state index contributed by atoms with van der Waals surface area (Å²) in [6.07, 6.45) is -3.83. The fraction of sp³-hybridized carbons (Fsp3) is 0.571. The zero-order valence-electron chi connectivity index (χ0n) is 23.1. The molecule has 38 heavy (non-hydrogen) atoms. The first kappa shape index (κ1) is 29.7. The summed E-state index contributed by atoms with van der Waals surface area (Å²) in [5, 5.41) is 12.8. The Morgan fingerprint density at radius 3 is 2.34 bits per heavy atom. The van der Waals surface area contributed by atoms with Gasteiger partial charge in [-0.15, -0.1) is 11.3 Å². The number of β-amino-alcohol motifs (C(OH)–C–C–N with tert-alkyl or cyclic N) is 1. The van der Waals surface area contributed by atoms with Crippen molar-refractivity contribution in [2.45, 2.75) is 91.3 Å². The number of amides is 2. The van der Waals surface area contributed by atoms with Gasteiger partial charge in [0.15, 0.2) is 12.0 Å². The van der Waals surface area contributed by atoms with E-state index in [9.17, 15) is 19.5 Å². The van der Waals surface area contributed by atoms with Crippen molar-refractivity contribution in [3.8, 4) is 10.4 Å². The fourth-order valence-electron chi connectivity index (χ4n) is 4.43. The van der Waals surface area contributed by atoms with Gasteiger partial charge in [0.05, 0.1) is 22.6 Å². The number of ether oxygens (including phenoxy) is 1. The van der Waals surface area contributed by atoms with Crippen molar-refractivity contribution in [2.75, 3.05) is 6.54 Å². The number of carbonyl (C=O) groups excluding carboxylic acids is 3. The van der Waals surface area contributed by atoms with Crippen LogP contribution in [0.3, 0.4) is 0 Å². The van der Waals surface area contributed by atoms with Gasteiger partial charge in [0, 0.05) is 6.42 Å². The Bertz CT molecular complexity index is 1150. The normalized spacial score (nSPS) is 20.8. The molecule has 1 saturated heterocycles. The number of likely N-dealkylation sites (tertiary alicyclic amines) is 1. The summed E-state index contributed by atoms with van der Waals surface area (Å²) in [5.74, 6) is -1.11. The summed E-state index contributed by atoms with van der Waals surface area (Å²) < 4.78 is 20.4. The second-order valence-electron chi connectivity index (χ2n) is 11.8. The van der Waals surface area contributed by atoms with Crippen molar-refractivity contribution in [3.63, 3.8) is 0 Å². The van der Waals surface area contributed by atoms with Gasteiger partial charge >= 0.3 is 6.09 Å². The van der Waals surface area contributed by atoms with Crippen LogP contribution in [-0.2, 0) is 20.7 Å². The lowest BCUT2D eigenvalue weighted by Gasteiger charge is -2.35. The molecule has 1 aliphatic rings. The zero-order valence-corrected chi connectivity index (χ0v) is 23.9. The number of hydrogen-bond acceptors (Lipinski definition) is 7. The Kier molecular flexibility index (Phi) is 8.98. The van der Waals surface area contributed by atoms with E-state index in [2.05, 4.69) is 10.3 Å². The van der Waals surface area contributed by atoms with Crippen LogP contribution in [0.25, 0.3) is 10.4 Å². The average molecular weight is 548 g/mol. The number of hydrogen-bond donors (Lipinski definition) is 2. The Labute approximate surface area is 227 Å². The Morgan fingerprint density at radius 2 is 1.82 bits per heavy atom. The second-order valence-corrected chi connectivity index (χ2v) is 12.7. The topological polar surface area (TPSA) is 109 Å². The van der Waals surface area contributed by atoms with E-state index in [0.29, 0.717) is 6.42 Å². The highest BCUT2D eigenvalue weighted by molar-refractivity contribution is 7.13. The predicted molar refractivity (Wildman–Crippen MR) is 145 cm³/mol. The van der Waals surface area contributed by atoms with Crippen LogP contribution in [0.1, 0.15) is 59.2 Å². The number of halogens is 1. The van der Waals surface area contributed by atoms with E-state index < -0.39 is 53.2 Å². The van der Waals surface area contributed by atoms with Gasteiger partial charge in [-0.25, -0.2) is 14.2 Å². The number of aromatic nitrogens is 1.